The molecule has 96 valence electrons. The smallest absolute Gasteiger partial charge is 0.212 e. The average Bonchev–Trinajstić information content (AvgIpc) is 2.93. The molecule has 8 heteroatoms. The molecule has 0 radical (unpaired) electrons. The van der Waals surface area contributed by atoms with Crippen LogP contribution in [-0.2, 0) is 16.6 Å². The first kappa shape index (κ1) is 12.5. The van der Waals surface area contributed by atoms with Crippen LogP contribution in [-0.4, -0.2) is 48.3 Å². The van der Waals surface area contributed by atoms with Crippen molar-refractivity contribution in [2.45, 2.75) is 25.4 Å². The molecule has 1 aliphatic carbocycles. The van der Waals surface area contributed by atoms with Crippen molar-refractivity contribution in [3.63, 3.8) is 0 Å². The summed E-state index contributed by atoms with van der Waals surface area (Å²) in [5.41, 5.74) is 0. The molecule has 1 aromatic rings. The zero-order valence-electron chi connectivity index (χ0n) is 9.54. The quantitative estimate of drug-likeness (QED) is 0.622. The molecule has 1 fully saturated rings. The summed E-state index contributed by atoms with van der Waals surface area (Å²) >= 11 is 0. The zero-order chi connectivity index (χ0) is 12.1. The minimum atomic E-state index is -3.18. The predicted octanol–water partition coefficient (Wildman–Crippen LogP) is -1.05. The monoisotopic (exact) mass is 259 g/mol. The van der Waals surface area contributed by atoms with Crippen LogP contribution in [0.25, 0.3) is 0 Å². The summed E-state index contributed by atoms with van der Waals surface area (Å²) in [6.07, 6.45) is 5.59. The van der Waals surface area contributed by atoms with Crippen molar-refractivity contribution >= 4 is 10.0 Å². The molecule has 0 saturated heterocycles. The van der Waals surface area contributed by atoms with E-state index in [0.717, 1.165) is 0 Å². The average molecular weight is 259 g/mol. The van der Waals surface area contributed by atoms with Crippen LogP contribution in [0.1, 0.15) is 12.8 Å². The highest BCUT2D eigenvalue weighted by molar-refractivity contribution is 7.89. The van der Waals surface area contributed by atoms with Gasteiger partial charge in [0.15, 0.2) is 0 Å². The summed E-state index contributed by atoms with van der Waals surface area (Å²) in [5, 5.41) is 10.6. The van der Waals surface area contributed by atoms with Gasteiger partial charge in [-0.2, -0.15) is 0 Å². The first-order chi connectivity index (χ1) is 8.16. The lowest BCUT2D eigenvalue weighted by molar-refractivity contribution is 0.550. The zero-order valence-corrected chi connectivity index (χ0v) is 10.4. The maximum Gasteiger partial charge on any atom is 0.212 e. The van der Waals surface area contributed by atoms with Gasteiger partial charge in [0.05, 0.1) is 18.5 Å². The van der Waals surface area contributed by atoms with Gasteiger partial charge in [-0.3, -0.25) is 4.68 Å². The van der Waals surface area contributed by atoms with E-state index in [1.54, 1.807) is 17.1 Å². The fraction of sp³-hybridized carbons (Fsp3) is 0.778. The minimum absolute atomic E-state index is 0.126. The molecule has 2 rings (SSSR count). The van der Waals surface area contributed by atoms with E-state index >= 15 is 0 Å². The summed E-state index contributed by atoms with van der Waals surface area (Å²) < 4.78 is 27.3. The molecule has 17 heavy (non-hydrogen) atoms. The van der Waals surface area contributed by atoms with E-state index in [2.05, 4.69) is 20.4 Å². The highest BCUT2D eigenvalue weighted by atomic mass is 32.2. The Morgan fingerprint density at radius 3 is 2.82 bits per heavy atom. The second-order valence-corrected chi connectivity index (χ2v) is 6.03. The predicted molar refractivity (Wildman–Crippen MR) is 62.8 cm³/mol. The summed E-state index contributed by atoms with van der Waals surface area (Å²) in [7, 11) is -3.18. The van der Waals surface area contributed by atoms with Gasteiger partial charge in [-0.05, 0) is 12.8 Å². The lowest BCUT2D eigenvalue weighted by atomic mass is 10.6. The lowest BCUT2D eigenvalue weighted by Gasteiger charge is -2.07. The molecule has 7 nitrogen and oxygen atoms in total. The lowest BCUT2D eigenvalue weighted by Crippen LogP contribution is -2.34. The van der Waals surface area contributed by atoms with Crippen molar-refractivity contribution in [1.29, 1.82) is 0 Å². The molecule has 1 saturated carbocycles. The van der Waals surface area contributed by atoms with Crippen molar-refractivity contribution in [2.24, 2.45) is 0 Å². The van der Waals surface area contributed by atoms with E-state index in [1.807, 2.05) is 0 Å². The molecule has 1 aliphatic rings. The highest BCUT2D eigenvalue weighted by Crippen LogP contribution is 2.17. The van der Waals surface area contributed by atoms with Gasteiger partial charge in [0, 0.05) is 25.3 Å². The van der Waals surface area contributed by atoms with Crippen LogP contribution >= 0.6 is 0 Å². The first-order valence-electron chi connectivity index (χ1n) is 5.70. The SMILES string of the molecule is O=S(=O)(CCNC1CC1)NCCn1ccnn1. The van der Waals surface area contributed by atoms with Crippen LogP contribution in [0.5, 0.6) is 0 Å². The van der Waals surface area contributed by atoms with Crippen LogP contribution < -0.4 is 10.0 Å². The number of hydrogen-bond acceptors (Lipinski definition) is 5. The number of sulfonamides is 1. The van der Waals surface area contributed by atoms with Crippen molar-refractivity contribution in [2.75, 3.05) is 18.8 Å². The number of hydrogen-bond donors (Lipinski definition) is 2. The molecule has 0 atom stereocenters. The van der Waals surface area contributed by atoms with E-state index < -0.39 is 10.0 Å². The third-order valence-electron chi connectivity index (χ3n) is 2.52. The van der Waals surface area contributed by atoms with Crippen LogP contribution in [0.4, 0.5) is 0 Å². The van der Waals surface area contributed by atoms with Crippen LogP contribution in [0, 0.1) is 0 Å². The molecule has 2 N–H and O–H groups in total. The summed E-state index contributed by atoms with van der Waals surface area (Å²) in [4.78, 5) is 0. The normalized spacial score (nSPS) is 16.2. The van der Waals surface area contributed by atoms with Crippen molar-refractivity contribution in [3.8, 4) is 0 Å². The fourth-order valence-electron chi connectivity index (χ4n) is 1.42. The van der Waals surface area contributed by atoms with Crippen molar-refractivity contribution < 1.29 is 8.42 Å². The minimum Gasteiger partial charge on any atom is -0.313 e. The van der Waals surface area contributed by atoms with E-state index in [-0.39, 0.29) is 5.75 Å². The molecular weight excluding hydrogens is 242 g/mol. The van der Waals surface area contributed by atoms with Crippen LogP contribution in [0.2, 0.25) is 0 Å². The van der Waals surface area contributed by atoms with E-state index in [9.17, 15) is 8.42 Å². The number of nitrogens with one attached hydrogen (secondary N) is 2. The molecule has 1 heterocycles. The molecule has 0 amide bonds. The Bertz CT molecular complexity index is 426. The Morgan fingerprint density at radius 1 is 1.35 bits per heavy atom. The third kappa shape index (κ3) is 4.80. The van der Waals surface area contributed by atoms with Gasteiger partial charge in [-0.25, -0.2) is 13.1 Å². The third-order valence-corrected chi connectivity index (χ3v) is 3.90. The van der Waals surface area contributed by atoms with Gasteiger partial charge in [-0.15, -0.1) is 5.10 Å². The first-order valence-corrected chi connectivity index (χ1v) is 7.36. The van der Waals surface area contributed by atoms with E-state index in [4.69, 9.17) is 0 Å². The Balaban J connectivity index is 1.62. The van der Waals surface area contributed by atoms with E-state index in [0.29, 0.717) is 25.7 Å². The Labute approximate surface area is 101 Å². The highest BCUT2D eigenvalue weighted by Gasteiger charge is 2.20. The second-order valence-electron chi connectivity index (χ2n) is 4.11. The molecule has 0 unspecified atom stereocenters. The van der Waals surface area contributed by atoms with Gasteiger partial charge in [0.1, 0.15) is 0 Å². The van der Waals surface area contributed by atoms with Crippen LogP contribution in [0.15, 0.2) is 12.4 Å². The molecule has 1 aromatic heterocycles. The van der Waals surface area contributed by atoms with E-state index in [1.165, 1.54) is 12.8 Å². The van der Waals surface area contributed by atoms with Gasteiger partial charge >= 0.3 is 0 Å². The number of nitrogens with zero attached hydrogens (tertiary/aromatic N) is 3. The summed E-state index contributed by atoms with van der Waals surface area (Å²) in [5.74, 6) is 0.126. The van der Waals surface area contributed by atoms with Gasteiger partial charge in [-0.1, -0.05) is 5.21 Å². The number of rotatable bonds is 8. The van der Waals surface area contributed by atoms with Gasteiger partial charge < -0.3 is 5.32 Å². The molecule has 0 bridgehead atoms. The Hall–Kier alpha value is -0.990. The maximum absolute atomic E-state index is 11.6. The van der Waals surface area contributed by atoms with Crippen molar-refractivity contribution in [1.82, 2.24) is 25.0 Å². The van der Waals surface area contributed by atoms with Gasteiger partial charge in [0.2, 0.25) is 10.0 Å². The topological polar surface area (TPSA) is 88.9 Å². The molecular formula is C9H17N5O2S. The molecule has 0 spiro atoms. The largest absolute Gasteiger partial charge is 0.313 e. The number of aromatic nitrogens is 3. The Kier molecular flexibility index (Phi) is 4.08. The second kappa shape index (κ2) is 5.56. The van der Waals surface area contributed by atoms with Gasteiger partial charge in [0.25, 0.3) is 0 Å². The van der Waals surface area contributed by atoms with Crippen molar-refractivity contribution in [3.05, 3.63) is 12.4 Å². The Morgan fingerprint density at radius 2 is 2.18 bits per heavy atom. The fourth-order valence-corrected chi connectivity index (χ4v) is 2.36. The summed E-state index contributed by atoms with van der Waals surface area (Å²) in [6, 6.07) is 0.542. The summed E-state index contributed by atoms with van der Waals surface area (Å²) in [6.45, 7) is 1.35. The molecule has 0 aliphatic heterocycles. The standard InChI is InChI=1S/C9H17N5O2S/c15-17(16,8-5-10-9-1-2-9)12-4-7-14-6-3-11-13-14/h3,6,9-10,12H,1-2,4-5,7-8H2. The van der Waals surface area contributed by atoms with Crippen LogP contribution in [0.3, 0.4) is 0 Å². The maximum atomic E-state index is 11.6. The molecule has 0 aromatic carbocycles.